The van der Waals surface area contributed by atoms with Crippen molar-refractivity contribution >= 4 is 11.7 Å². The lowest BCUT2D eigenvalue weighted by Crippen LogP contribution is -2.49. The van der Waals surface area contributed by atoms with Gasteiger partial charge in [0.25, 0.3) is 0 Å². The zero-order chi connectivity index (χ0) is 18.9. The summed E-state index contributed by atoms with van der Waals surface area (Å²) in [5, 5.41) is 12.3. The van der Waals surface area contributed by atoms with Crippen molar-refractivity contribution in [3.63, 3.8) is 0 Å². The van der Waals surface area contributed by atoms with Gasteiger partial charge in [0.15, 0.2) is 0 Å². The Balaban J connectivity index is 1.70. The van der Waals surface area contributed by atoms with Gasteiger partial charge < -0.3 is 15.1 Å². The smallest absolute Gasteiger partial charge is 0.220 e. The Kier molecular flexibility index (Phi) is 7.82. The van der Waals surface area contributed by atoms with E-state index in [0.717, 1.165) is 57.2 Å². The molecule has 26 heavy (non-hydrogen) atoms. The van der Waals surface area contributed by atoms with Gasteiger partial charge in [-0.2, -0.15) is 5.26 Å². The van der Waals surface area contributed by atoms with E-state index in [4.69, 9.17) is 0 Å². The van der Waals surface area contributed by atoms with E-state index in [0.29, 0.717) is 18.5 Å². The van der Waals surface area contributed by atoms with Crippen LogP contribution in [0, 0.1) is 18.3 Å². The highest BCUT2D eigenvalue weighted by molar-refractivity contribution is 5.75. The number of aromatic nitrogens is 1. The van der Waals surface area contributed by atoms with Crippen molar-refractivity contribution in [1.82, 2.24) is 20.1 Å². The molecule has 2 rings (SSSR count). The summed E-state index contributed by atoms with van der Waals surface area (Å²) in [6, 6.07) is 5.95. The first-order valence-corrected chi connectivity index (χ1v) is 9.26. The SMILES string of the molecule is Cc1ccc(C#N)c(N2CCN(CCNC(=O)CCCN(C)C)CC2)n1. The summed E-state index contributed by atoms with van der Waals surface area (Å²) in [5.41, 5.74) is 1.56. The van der Waals surface area contributed by atoms with E-state index in [1.807, 2.05) is 33.2 Å². The molecule has 0 aliphatic carbocycles. The molecule has 1 aromatic heterocycles. The molecule has 0 unspecified atom stereocenters. The molecule has 142 valence electrons. The summed E-state index contributed by atoms with van der Waals surface area (Å²) in [4.78, 5) is 23.0. The van der Waals surface area contributed by atoms with Crippen molar-refractivity contribution in [2.24, 2.45) is 0 Å². The van der Waals surface area contributed by atoms with Crippen molar-refractivity contribution in [2.75, 3.05) is 64.8 Å². The van der Waals surface area contributed by atoms with Gasteiger partial charge in [0.05, 0.1) is 5.56 Å². The van der Waals surface area contributed by atoms with Crippen molar-refractivity contribution < 1.29 is 4.79 Å². The Morgan fingerprint density at radius 2 is 2.04 bits per heavy atom. The highest BCUT2D eigenvalue weighted by atomic mass is 16.1. The number of pyridine rings is 1. The minimum absolute atomic E-state index is 0.133. The number of carbonyl (C=O) groups is 1. The van der Waals surface area contributed by atoms with Crippen LogP contribution in [0.2, 0.25) is 0 Å². The molecule has 2 heterocycles. The standard InChI is InChI=1S/C19H30N6O/c1-16-6-7-17(15-20)19(22-16)25-13-11-24(12-14-25)10-8-21-18(26)5-4-9-23(2)3/h6-7H,4-5,8-14H2,1-3H3,(H,21,26). The Bertz CT molecular complexity index is 631. The van der Waals surface area contributed by atoms with Gasteiger partial charge in [0.1, 0.15) is 11.9 Å². The quantitative estimate of drug-likeness (QED) is 0.742. The van der Waals surface area contributed by atoms with Crippen LogP contribution in [0.3, 0.4) is 0 Å². The largest absolute Gasteiger partial charge is 0.355 e. The number of amides is 1. The van der Waals surface area contributed by atoms with Crippen molar-refractivity contribution in [1.29, 1.82) is 5.26 Å². The predicted molar refractivity (Wildman–Crippen MR) is 103 cm³/mol. The minimum atomic E-state index is 0.133. The fourth-order valence-corrected chi connectivity index (χ4v) is 3.05. The van der Waals surface area contributed by atoms with E-state index in [9.17, 15) is 10.1 Å². The van der Waals surface area contributed by atoms with Crippen LogP contribution in [0.1, 0.15) is 24.1 Å². The van der Waals surface area contributed by atoms with Gasteiger partial charge in [-0.15, -0.1) is 0 Å². The summed E-state index contributed by atoms with van der Waals surface area (Å²) in [7, 11) is 4.03. The van der Waals surface area contributed by atoms with Crippen LogP contribution in [-0.2, 0) is 4.79 Å². The van der Waals surface area contributed by atoms with Crippen LogP contribution >= 0.6 is 0 Å². The number of rotatable bonds is 8. The maximum Gasteiger partial charge on any atom is 0.220 e. The molecule has 0 atom stereocenters. The number of anilines is 1. The van der Waals surface area contributed by atoms with Gasteiger partial charge in [-0.25, -0.2) is 4.98 Å². The lowest BCUT2D eigenvalue weighted by Gasteiger charge is -2.35. The fourth-order valence-electron chi connectivity index (χ4n) is 3.05. The normalized spacial score (nSPS) is 15.1. The molecule has 1 saturated heterocycles. The maximum atomic E-state index is 11.8. The third-order valence-electron chi connectivity index (χ3n) is 4.57. The van der Waals surface area contributed by atoms with E-state index in [1.54, 1.807) is 0 Å². The second-order valence-corrected chi connectivity index (χ2v) is 7.02. The van der Waals surface area contributed by atoms with E-state index in [2.05, 4.69) is 31.1 Å². The van der Waals surface area contributed by atoms with Crippen molar-refractivity contribution in [2.45, 2.75) is 19.8 Å². The molecule has 1 aromatic rings. The predicted octanol–water partition coefficient (Wildman–Crippen LogP) is 0.842. The monoisotopic (exact) mass is 358 g/mol. The van der Waals surface area contributed by atoms with Gasteiger partial charge in [-0.1, -0.05) is 0 Å². The molecular formula is C19H30N6O. The zero-order valence-corrected chi connectivity index (χ0v) is 16.2. The van der Waals surface area contributed by atoms with E-state index in [-0.39, 0.29) is 5.91 Å². The number of hydrogen-bond acceptors (Lipinski definition) is 6. The number of carbonyl (C=O) groups excluding carboxylic acids is 1. The van der Waals surface area contributed by atoms with Crippen LogP contribution in [0.15, 0.2) is 12.1 Å². The Morgan fingerprint density at radius 3 is 2.69 bits per heavy atom. The lowest BCUT2D eigenvalue weighted by atomic mass is 10.2. The molecule has 0 saturated carbocycles. The molecule has 1 aliphatic heterocycles. The first-order chi connectivity index (χ1) is 12.5. The molecule has 0 aromatic carbocycles. The summed E-state index contributed by atoms with van der Waals surface area (Å²) >= 11 is 0. The van der Waals surface area contributed by atoms with Crippen LogP contribution in [0.4, 0.5) is 5.82 Å². The Hall–Kier alpha value is -2.17. The second-order valence-electron chi connectivity index (χ2n) is 7.02. The summed E-state index contributed by atoms with van der Waals surface area (Å²) in [5.74, 6) is 0.925. The maximum absolute atomic E-state index is 11.8. The van der Waals surface area contributed by atoms with Crippen molar-refractivity contribution in [3.8, 4) is 6.07 Å². The molecule has 1 N–H and O–H groups in total. The molecule has 7 heteroatoms. The molecule has 0 radical (unpaired) electrons. The first-order valence-electron chi connectivity index (χ1n) is 9.26. The average Bonchev–Trinajstić information content (AvgIpc) is 2.62. The number of piperazine rings is 1. The van der Waals surface area contributed by atoms with Crippen LogP contribution in [0.5, 0.6) is 0 Å². The minimum Gasteiger partial charge on any atom is -0.355 e. The third-order valence-corrected chi connectivity index (χ3v) is 4.57. The topological polar surface area (TPSA) is 75.5 Å². The summed E-state index contributed by atoms with van der Waals surface area (Å²) in [6.45, 7) is 7.96. The molecule has 1 aliphatic rings. The second kappa shape index (κ2) is 10.1. The van der Waals surface area contributed by atoms with E-state index >= 15 is 0 Å². The van der Waals surface area contributed by atoms with Crippen molar-refractivity contribution in [3.05, 3.63) is 23.4 Å². The average molecular weight is 358 g/mol. The third kappa shape index (κ3) is 6.28. The molecule has 1 amide bonds. The summed E-state index contributed by atoms with van der Waals surface area (Å²) in [6.07, 6.45) is 1.48. The summed E-state index contributed by atoms with van der Waals surface area (Å²) < 4.78 is 0. The van der Waals surface area contributed by atoms with E-state index in [1.165, 1.54) is 0 Å². The van der Waals surface area contributed by atoms with Crippen LogP contribution in [0.25, 0.3) is 0 Å². The van der Waals surface area contributed by atoms with E-state index < -0.39 is 0 Å². The lowest BCUT2D eigenvalue weighted by molar-refractivity contribution is -0.121. The number of nitrogens with zero attached hydrogens (tertiary/aromatic N) is 5. The van der Waals surface area contributed by atoms with Gasteiger partial charge >= 0.3 is 0 Å². The molecule has 0 bridgehead atoms. The number of nitrogens with one attached hydrogen (secondary N) is 1. The fraction of sp³-hybridized carbons (Fsp3) is 0.632. The number of nitriles is 1. The highest BCUT2D eigenvalue weighted by Gasteiger charge is 2.20. The molecular weight excluding hydrogens is 328 g/mol. The van der Waals surface area contributed by atoms with Crippen LogP contribution < -0.4 is 10.2 Å². The Labute approximate surface area is 156 Å². The van der Waals surface area contributed by atoms with Crippen LogP contribution in [-0.4, -0.2) is 80.6 Å². The number of aryl methyl sites for hydroxylation is 1. The van der Waals surface area contributed by atoms with Gasteiger partial charge in [0, 0.05) is 51.4 Å². The zero-order valence-electron chi connectivity index (χ0n) is 16.2. The number of hydrogen-bond donors (Lipinski definition) is 1. The highest BCUT2D eigenvalue weighted by Crippen LogP contribution is 2.19. The molecule has 7 nitrogen and oxygen atoms in total. The van der Waals surface area contributed by atoms with Gasteiger partial charge in [-0.05, 0) is 46.1 Å². The first kappa shape index (κ1) is 20.1. The Morgan fingerprint density at radius 1 is 1.31 bits per heavy atom. The molecule has 0 spiro atoms. The van der Waals surface area contributed by atoms with Gasteiger partial charge in [0.2, 0.25) is 5.91 Å². The molecule has 1 fully saturated rings. The van der Waals surface area contributed by atoms with Gasteiger partial charge in [-0.3, -0.25) is 9.69 Å².